The average Bonchev–Trinajstić information content (AvgIpc) is 3.29. The number of carbonyl (C=O) groups is 1. The highest BCUT2D eigenvalue weighted by atomic mass is 16.5. The number of aromatic amines is 1. The summed E-state index contributed by atoms with van der Waals surface area (Å²) in [7, 11) is 0. The number of nitrogens with zero attached hydrogens (tertiary/aromatic N) is 4. The number of hydrogen-bond acceptors (Lipinski definition) is 5. The lowest BCUT2D eigenvalue weighted by atomic mass is 9.85. The molecular weight excluding hydrogens is 306 g/mol. The van der Waals surface area contributed by atoms with Gasteiger partial charge in [-0.3, -0.25) is 9.89 Å². The van der Waals surface area contributed by atoms with E-state index in [1.165, 1.54) is 19.3 Å². The maximum atomic E-state index is 13.0. The summed E-state index contributed by atoms with van der Waals surface area (Å²) in [5.41, 5.74) is 1.66. The molecule has 0 saturated heterocycles. The zero-order chi connectivity index (χ0) is 16.9. The Balaban J connectivity index is 1.75. The Bertz CT molecular complexity index is 672. The van der Waals surface area contributed by atoms with Crippen LogP contribution in [-0.4, -0.2) is 37.7 Å². The molecule has 1 aliphatic carbocycles. The van der Waals surface area contributed by atoms with Crippen LogP contribution >= 0.6 is 0 Å². The molecular formula is C17H25N5O2. The van der Waals surface area contributed by atoms with Gasteiger partial charge in [-0.2, -0.15) is 10.1 Å². The Kier molecular flexibility index (Phi) is 5.27. The normalized spacial score (nSPS) is 15.6. The monoisotopic (exact) mass is 331 g/mol. The third kappa shape index (κ3) is 3.49. The quantitative estimate of drug-likeness (QED) is 0.879. The first-order valence-electron chi connectivity index (χ1n) is 8.86. The molecule has 0 aliphatic heterocycles. The van der Waals surface area contributed by atoms with E-state index in [9.17, 15) is 4.79 Å². The number of aromatic nitrogens is 4. The molecule has 1 amide bonds. The Morgan fingerprint density at radius 2 is 2.12 bits per heavy atom. The molecule has 130 valence electrons. The molecule has 1 aliphatic rings. The van der Waals surface area contributed by atoms with Crippen LogP contribution in [0, 0.1) is 0 Å². The van der Waals surface area contributed by atoms with Gasteiger partial charge in [0.1, 0.15) is 6.54 Å². The van der Waals surface area contributed by atoms with Gasteiger partial charge >= 0.3 is 0 Å². The second kappa shape index (κ2) is 7.59. The van der Waals surface area contributed by atoms with Crippen LogP contribution in [0.1, 0.15) is 79.6 Å². The summed E-state index contributed by atoms with van der Waals surface area (Å²) in [6, 6.07) is 0. The molecule has 0 unspecified atom stereocenters. The molecule has 2 heterocycles. The minimum Gasteiger partial charge on any atom is -0.337 e. The smallest absolute Gasteiger partial charge is 0.257 e. The number of H-pyrrole nitrogens is 1. The molecule has 0 atom stereocenters. The molecule has 0 bridgehead atoms. The largest absolute Gasteiger partial charge is 0.337 e. The van der Waals surface area contributed by atoms with Crippen molar-refractivity contribution in [3.63, 3.8) is 0 Å². The van der Waals surface area contributed by atoms with E-state index in [4.69, 9.17) is 4.52 Å². The van der Waals surface area contributed by atoms with Gasteiger partial charge in [0, 0.05) is 18.9 Å². The summed E-state index contributed by atoms with van der Waals surface area (Å²) < 4.78 is 5.22. The molecule has 0 radical (unpaired) electrons. The molecule has 0 spiro atoms. The van der Waals surface area contributed by atoms with Crippen molar-refractivity contribution in [3.05, 3.63) is 29.2 Å². The van der Waals surface area contributed by atoms with Crippen LogP contribution in [0.3, 0.4) is 0 Å². The van der Waals surface area contributed by atoms with Crippen LogP contribution in [0.5, 0.6) is 0 Å². The number of amides is 1. The van der Waals surface area contributed by atoms with Crippen molar-refractivity contribution < 1.29 is 9.32 Å². The van der Waals surface area contributed by atoms with Gasteiger partial charge in [-0.25, -0.2) is 0 Å². The van der Waals surface area contributed by atoms with E-state index in [1.807, 2.05) is 13.8 Å². The third-order valence-electron chi connectivity index (χ3n) is 4.73. The summed E-state index contributed by atoms with van der Waals surface area (Å²) in [5, 5.41) is 11.1. The predicted molar refractivity (Wildman–Crippen MR) is 88.5 cm³/mol. The van der Waals surface area contributed by atoms with Crippen molar-refractivity contribution >= 4 is 5.91 Å². The van der Waals surface area contributed by atoms with Crippen LogP contribution in [0.25, 0.3) is 0 Å². The Morgan fingerprint density at radius 1 is 1.33 bits per heavy atom. The first-order valence-corrected chi connectivity index (χ1v) is 8.86. The van der Waals surface area contributed by atoms with E-state index < -0.39 is 0 Å². The lowest BCUT2D eigenvalue weighted by Crippen LogP contribution is -2.31. The molecule has 7 nitrogen and oxygen atoms in total. The summed E-state index contributed by atoms with van der Waals surface area (Å²) in [4.78, 5) is 19.0. The molecule has 3 rings (SSSR count). The Hall–Kier alpha value is -2.18. The first-order chi connectivity index (χ1) is 11.7. The van der Waals surface area contributed by atoms with Crippen LogP contribution in [0.2, 0.25) is 0 Å². The third-order valence-corrected chi connectivity index (χ3v) is 4.73. The van der Waals surface area contributed by atoms with Crippen molar-refractivity contribution in [2.24, 2.45) is 0 Å². The predicted octanol–water partition coefficient (Wildman–Crippen LogP) is 3.07. The molecule has 2 aromatic rings. The fourth-order valence-electron chi connectivity index (χ4n) is 3.33. The van der Waals surface area contributed by atoms with E-state index in [0.717, 1.165) is 25.0 Å². The molecule has 1 fully saturated rings. The van der Waals surface area contributed by atoms with Gasteiger partial charge < -0.3 is 9.42 Å². The fraction of sp³-hybridized carbons (Fsp3) is 0.647. The van der Waals surface area contributed by atoms with Crippen LogP contribution in [0.15, 0.2) is 10.7 Å². The standard InChI is InChI=1S/C17H25N5O2/c1-3-14-19-15(24-21-14)11-22(4-2)17(23)13-10-18-20-16(13)12-8-6-5-7-9-12/h10,12H,3-9,11H2,1-2H3,(H,18,20). The van der Waals surface area contributed by atoms with E-state index >= 15 is 0 Å². The van der Waals surface area contributed by atoms with E-state index in [-0.39, 0.29) is 5.91 Å². The molecule has 2 aromatic heterocycles. The van der Waals surface area contributed by atoms with Crippen LogP contribution < -0.4 is 0 Å². The van der Waals surface area contributed by atoms with Gasteiger partial charge in [-0.05, 0) is 19.8 Å². The molecule has 1 saturated carbocycles. The summed E-state index contributed by atoms with van der Waals surface area (Å²) in [5.74, 6) is 1.53. The minimum absolute atomic E-state index is 0.0249. The Morgan fingerprint density at radius 3 is 2.79 bits per heavy atom. The minimum atomic E-state index is -0.0249. The lowest BCUT2D eigenvalue weighted by Gasteiger charge is -2.23. The van der Waals surface area contributed by atoms with E-state index in [2.05, 4.69) is 20.3 Å². The zero-order valence-corrected chi connectivity index (χ0v) is 14.4. The highest BCUT2D eigenvalue weighted by Crippen LogP contribution is 2.33. The summed E-state index contributed by atoms with van der Waals surface area (Å²) in [6.07, 6.45) is 8.34. The summed E-state index contributed by atoms with van der Waals surface area (Å²) in [6.45, 7) is 4.84. The zero-order valence-electron chi connectivity index (χ0n) is 14.4. The van der Waals surface area contributed by atoms with Crippen molar-refractivity contribution in [3.8, 4) is 0 Å². The highest BCUT2D eigenvalue weighted by molar-refractivity contribution is 5.95. The fourth-order valence-corrected chi connectivity index (χ4v) is 3.33. The second-order valence-corrected chi connectivity index (χ2v) is 6.31. The van der Waals surface area contributed by atoms with Crippen molar-refractivity contribution in [2.75, 3.05) is 6.54 Å². The van der Waals surface area contributed by atoms with E-state index in [1.54, 1.807) is 11.1 Å². The van der Waals surface area contributed by atoms with Crippen LogP contribution in [0.4, 0.5) is 0 Å². The van der Waals surface area contributed by atoms with Gasteiger partial charge in [0.15, 0.2) is 5.82 Å². The van der Waals surface area contributed by atoms with Gasteiger partial charge in [0.25, 0.3) is 5.91 Å². The number of hydrogen-bond donors (Lipinski definition) is 1. The number of nitrogens with one attached hydrogen (secondary N) is 1. The number of aryl methyl sites for hydroxylation is 1. The first kappa shape index (κ1) is 16.7. The van der Waals surface area contributed by atoms with Crippen LogP contribution in [-0.2, 0) is 13.0 Å². The van der Waals surface area contributed by atoms with Gasteiger partial charge in [0.2, 0.25) is 5.89 Å². The maximum Gasteiger partial charge on any atom is 0.257 e. The highest BCUT2D eigenvalue weighted by Gasteiger charge is 2.26. The second-order valence-electron chi connectivity index (χ2n) is 6.31. The van der Waals surface area contributed by atoms with Gasteiger partial charge in [-0.15, -0.1) is 0 Å². The van der Waals surface area contributed by atoms with Gasteiger partial charge in [-0.1, -0.05) is 31.3 Å². The molecule has 7 heteroatoms. The van der Waals surface area contributed by atoms with Crippen molar-refractivity contribution in [1.29, 1.82) is 0 Å². The topological polar surface area (TPSA) is 87.9 Å². The summed E-state index contributed by atoms with van der Waals surface area (Å²) >= 11 is 0. The number of rotatable bonds is 6. The van der Waals surface area contributed by atoms with Crippen molar-refractivity contribution in [2.45, 2.75) is 64.8 Å². The molecule has 24 heavy (non-hydrogen) atoms. The molecule has 1 N–H and O–H groups in total. The van der Waals surface area contributed by atoms with Gasteiger partial charge in [0.05, 0.1) is 17.5 Å². The lowest BCUT2D eigenvalue weighted by molar-refractivity contribution is 0.0732. The number of carbonyl (C=O) groups excluding carboxylic acids is 1. The Labute approximate surface area is 141 Å². The molecule has 0 aromatic carbocycles. The van der Waals surface area contributed by atoms with Crippen molar-refractivity contribution in [1.82, 2.24) is 25.2 Å². The SMILES string of the molecule is CCc1noc(CN(CC)C(=O)c2cn[nH]c2C2CCCCC2)n1. The maximum absolute atomic E-state index is 13.0. The average molecular weight is 331 g/mol. The van der Waals surface area contributed by atoms with E-state index in [0.29, 0.717) is 36.3 Å².